The van der Waals surface area contributed by atoms with Crippen LogP contribution in [0.15, 0.2) is 24.3 Å². The molecule has 2 atom stereocenters. The van der Waals surface area contributed by atoms with Gasteiger partial charge in [-0.25, -0.2) is 0 Å². The summed E-state index contributed by atoms with van der Waals surface area (Å²) in [5, 5.41) is 10.2. The molecule has 0 radical (unpaired) electrons. The van der Waals surface area contributed by atoms with Crippen molar-refractivity contribution in [1.29, 1.82) is 0 Å². The fourth-order valence-corrected chi connectivity index (χ4v) is 2.70. The summed E-state index contributed by atoms with van der Waals surface area (Å²) in [5.74, 6) is 1.14. The van der Waals surface area contributed by atoms with Crippen LogP contribution in [-0.2, 0) is 0 Å². The number of aryl methyl sites for hydroxylation is 1. The Morgan fingerprint density at radius 2 is 2.11 bits per heavy atom. The lowest BCUT2D eigenvalue weighted by Crippen LogP contribution is -2.32. The number of rotatable bonds is 7. The molecule has 1 rings (SSSR count). The summed E-state index contributed by atoms with van der Waals surface area (Å²) < 4.78 is 0. The number of benzene rings is 1. The van der Waals surface area contributed by atoms with E-state index in [1.165, 1.54) is 5.56 Å². The van der Waals surface area contributed by atoms with Crippen LogP contribution in [0.3, 0.4) is 0 Å². The highest BCUT2D eigenvalue weighted by atomic mass is 32.2. The smallest absolute Gasteiger partial charge is 0.0802 e. The van der Waals surface area contributed by atoms with Crippen LogP contribution in [0.25, 0.3) is 0 Å². The second kappa shape index (κ2) is 7.82. The van der Waals surface area contributed by atoms with Gasteiger partial charge in [-0.1, -0.05) is 29.8 Å². The Kier molecular flexibility index (Phi) is 6.76. The van der Waals surface area contributed by atoms with E-state index in [9.17, 15) is 5.11 Å². The summed E-state index contributed by atoms with van der Waals surface area (Å²) >= 11 is 1.87. The lowest BCUT2D eigenvalue weighted by Gasteiger charge is -2.25. The largest absolute Gasteiger partial charge is 0.388 e. The third kappa shape index (κ3) is 5.01. The van der Waals surface area contributed by atoms with Gasteiger partial charge in [0, 0.05) is 18.3 Å². The van der Waals surface area contributed by atoms with Crippen molar-refractivity contribution in [3.05, 3.63) is 35.4 Å². The number of aliphatic hydroxyl groups excluding tert-OH is 1. The first-order chi connectivity index (χ1) is 8.54. The summed E-state index contributed by atoms with van der Waals surface area (Å²) in [5.41, 5.74) is 2.23. The first-order valence-corrected chi connectivity index (χ1v) is 7.87. The van der Waals surface area contributed by atoms with Crippen LogP contribution in [-0.4, -0.2) is 41.6 Å². The van der Waals surface area contributed by atoms with Crippen LogP contribution >= 0.6 is 11.8 Å². The second-order valence-corrected chi connectivity index (χ2v) is 5.91. The average Bonchev–Trinajstić information content (AvgIpc) is 2.35. The summed E-state index contributed by atoms with van der Waals surface area (Å²) in [6.07, 6.45) is 2.57. The molecular weight excluding hydrogens is 242 g/mol. The van der Waals surface area contributed by atoms with Crippen molar-refractivity contribution in [2.24, 2.45) is 0 Å². The van der Waals surface area contributed by atoms with Gasteiger partial charge in [0.05, 0.1) is 6.10 Å². The Bertz CT molecular complexity index is 356. The number of aliphatic hydroxyl groups is 1. The Balaban J connectivity index is 2.43. The predicted molar refractivity (Wildman–Crippen MR) is 81.2 cm³/mol. The minimum atomic E-state index is -0.353. The molecular formula is C15H25NOS. The van der Waals surface area contributed by atoms with E-state index in [2.05, 4.69) is 44.2 Å². The maximum Gasteiger partial charge on any atom is 0.0802 e. The molecule has 0 amide bonds. The maximum atomic E-state index is 10.2. The lowest BCUT2D eigenvalue weighted by atomic mass is 10.0. The zero-order valence-corrected chi connectivity index (χ0v) is 12.7. The number of nitrogens with zero attached hydrogens (tertiary/aromatic N) is 1. The van der Waals surface area contributed by atoms with Gasteiger partial charge < -0.3 is 10.0 Å². The highest BCUT2D eigenvalue weighted by Gasteiger charge is 2.12. The third-order valence-corrected chi connectivity index (χ3v) is 4.16. The molecule has 3 heteroatoms. The van der Waals surface area contributed by atoms with Gasteiger partial charge >= 0.3 is 0 Å². The van der Waals surface area contributed by atoms with Crippen molar-refractivity contribution >= 4 is 11.8 Å². The van der Waals surface area contributed by atoms with Crippen LogP contribution in [0.1, 0.15) is 30.6 Å². The van der Waals surface area contributed by atoms with Gasteiger partial charge in [-0.05, 0) is 39.1 Å². The molecule has 0 aliphatic rings. The topological polar surface area (TPSA) is 23.5 Å². The maximum absolute atomic E-state index is 10.2. The van der Waals surface area contributed by atoms with Gasteiger partial charge in [0.1, 0.15) is 0 Å². The van der Waals surface area contributed by atoms with Gasteiger partial charge in [-0.15, -0.1) is 0 Å². The van der Waals surface area contributed by atoms with Crippen molar-refractivity contribution in [2.45, 2.75) is 32.4 Å². The van der Waals surface area contributed by atoms with E-state index in [0.29, 0.717) is 6.04 Å². The first-order valence-electron chi connectivity index (χ1n) is 6.48. The molecule has 1 aromatic rings. The third-order valence-electron chi connectivity index (χ3n) is 3.34. The summed E-state index contributed by atoms with van der Waals surface area (Å²) in [7, 11) is 2.13. The van der Waals surface area contributed by atoms with E-state index >= 15 is 0 Å². The van der Waals surface area contributed by atoms with Gasteiger partial charge in [-0.3, -0.25) is 0 Å². The minimum Gasteiger partial charge on any atom is -0.388 e. The van der Waals surface area contributed by atoms with E-state index in [4.69, 9.17) is 0 Å². The molecule has 102 valence electrons. The average molecular weight is 267 g/mol. The highest BCUT2D eigenvalue weighted by Crippen LogP contribution is 2.18. The van der Waals surface area contributed by atoms with E-state index in [1.54, 1.807) is 0 Å². The molecule has 0 fully saturated rings. The van der Waals surface area contributed by atoms with E-state index < -0.39 is 0 Å². The van der Waals surface area contributed by atoms with Crippen molar-refractivity contribution in [2.75, 3.05) is 25.6 Å². The van der Waals surface area contributed by atoms with Crippen LogP contribution in [0.4, 0.5) is 0 Å². The number of thioether (sulfide) groups is 1. The van der Waals surface area contributed by atoms with Crippen molar-refractivity contribution in [1.82, 2.24) is 4.90 Å². The molecule has 0 aliphatic carbocycles. The summed E-state index contributed by atoms with van der Waals surface area (Å²) in [6.45, 7) is 5.22. The number of hydrogen-bond acceptors (Lipinski definition) is 3. The Hall–Kier alpha value is -0.510. The normalized spacial score (nSPS) is 14.8. The molecule has 0 spiro atoms. The van der Waals surface area contributed by atoms with Gasteiger partial charge in [-0.2, -0.15) is 11.8 Å². The van der Waals surface area contributed by atoms with Crippen LogP contribution in [0.5, 0.6) is 0 Å². The molecule has 18 heavy (non-hydrogen) atoms. The van der Waals surface area contributed by atoms with E-state index in [0.717, 1.165) is 24.3 Å². The standard InChI is InChI=1S/C15H25NOS/c1-12-6-5-7-14(10-12)15(17)8-9-16(3)13(2)11-18-4/h5-7,10,13,15,17H,8-9,11H2,1-4H3. The molecule has 2 unspecified atom stereocenters. The lowest BCUT2D eigenvalue weighted by molar-refractivity contribution is 0.142. The molecule has 0 aliphatic heterocycles. The minimum absolute atomic E-state index is 0.353. The Labute approximate surface area is 115 Å². The molecule has 0 aromatic heterocycles. The Morgan fingerprint density at radius 1 is 1.39 bits per heavy atom. The zero-order chi connectivity index (χ0) is 13.5. The summed E-state index contributed by atoms with van der Waals surface area (Å²) in [6, 6.07) is 8.69. The van der Waals surface area contributed by atoms with Crippen molar-refractivity contribution in [3.63, 3.8) is 0 Å². The van der Waals surface area contributed by atoms with Crippen LogP contribution in [0, 0.1) is 6.92 Å². The summed E-state index contributed by atoms with van der Waals surface area (Å²) in [4.78, 5) is 2.31. The predicted octanol–water partition coefficient (Wildman–Crippen LogP) is 3.10. The van der Waals surface area contributed by atoms with Crippen molar-refractivity contribution in [3.8, 4) is 0 Å². The second-order valence-electron chi connectivity index (χ2n) is 5.00. The van der Waals surface area contributed by atoms with Gasteiger partial charge in [0.2, 0.25) is 0 Å². The van der Waals surface area contributed by atoms with Crippen molar-refractivity contribution < 1.29 is 5.11 Å². The van der Waals surface area contributed by atoms with Crippen LogP contribution < -0.4 is 0 Å². The molecule has 0 saturated carbocycles. The number of hydrogen-bond donors (Lipinski definition) is 1. The van der Waals surface area contributed by atoms with Gasteiger partial charge in [0.25, 0.3) is 0 Å². The first kappa shape index (κ1) is 15.5. The fraction of sp³-hybridized carbons (Fsp3) is 0.600. The Morgan fingerprint density at radius 3 is 2.72 bits per heavy atom. The molecule has 0 saturated heterocycles. The van der Waals surface area contributed by atoms with E-state index in [-0.39, 0.29) is 6.10 Å². The molecule has 1 N–H and O–H groups in total. The molecule has 2 nitrogen and oxygen atoms in total. The molecule has 1 aromatic carbocycles. The highest BCUT2D eigenvalue weighted by molar-refractivity contribution is 7.98. The zero-order valence-electron chi connectivity index (χ0n) is 11.9. The molecule has 0 heterocycles. The molecule has 0 bridgehead atoms. The fourth-order valence-electron chi connectivity index (χ4n) is 1.96. The SMILES string of the molecule is CSCC(C)N(C)CCC(O)c1cccc(C)c1. The van der Waals surface area contributed by atoms with E-state index in [1.807, 2.05) is 23.9 Å². The quantitative estimate of drug-likeness (QED) is 0.821. The van der Waals surface area contributed by atoms with Crippen LogP contribution in [0.2, 0.25) is 0 Å². The monoisotopic (exact) mass is 267 g/mol. The van der Waals surface area contributed by atoms with Gasteiger partial charge in [0.15, 0.2) is 0 Å².